The van der Waals surface area contributed by atoms with E-state index in [9.17, 15) is 4.39 Å². The molecule has 2 rings (SSSR count). The van der Waals surface area contributed by atoms with Gasteiger partial charge in [0.2, 0.25) is 0 Å². The highest BCUT2D eigenvalue weighted by Crippen LogP contribution is 2.20. The Labute approximate surface area is 87.7 Å². The summed E-state index contributed by atoms with van der Waals surface area (Å²) in [6.45, 7) is 1.82. The standard InChI is InChI=1S/C10H12ClFN2/c11-8-3-5-14(6-4-8)10-2-1-9(12)7-13-10/h1-2,7-8H,3-6H2. The van der Waals surface area contributed by atoms with E-state index in [1.54, 1.807) is 6.07 Å². The number of piperidine rings is 1. The first-order chi connectivity index (χ1) is 6.75. The maximum absolute atomic E-state index is 12.6. The number of alkyl halides is 1. The fourth-order valence-corrected chi connectivity index (χ4v) is 1.83. The first-order valence-electron chi connectivity index (χ1n) is 4.76. The molecule has 2 heterocycles. The molecule has 0 bridgehead atoms. The van der Waals surface area contributed by atoms with E-state index in [1.165, 1.54) is 12.3 Å². The molecule has 0 radical (unpaired) electrons. The molecule has 0 atom stereocenters. The van der Waals surface area contributed by atoms with Gasteiger partial charge in [-0.2, -0.15) is 0 Å². The van der Waals surface area contributed by atoms with E-state index in [4.69, 9.17) is 11.6 Å². The number of halogens is 2. The van der Waals surface area contributed by atoms with Crippen LogP contribution in [0.1, 0.15) is 12.8 Å². The molecule has 1 aromatic heterocycles. The van der Waals surface area contributed by atoms with Crippen LogP contribution in [-0.2, 0) is 0 Å². The Bertz CT molecular complexity index is 293. The molecule has 0 amide bonds. The number of rotatable bonds is 1. The second-order valence-corrected chi connectivity index (χ2v) is 4.11. The summed E-state index contributed by atoms with van der Waals surface area (Å²) in [7, 11) is 0. The molecule has 1 aliphatic heterocycles. The van der Waals surface area contributed by atoms with Crippen molar-refractivity contribution in [2.24, 2.45) is 0 Å². The predicted molar refractivity (Wildman–Crippen MR) is 55.3 cm³/mol. The first kappa shape index (κ1) is 9.71. The average molecular weight is 215 g/mol. The van der Waals surface area contributed by atoms with Crippen LogP contribution >= 0.6 is 11.6 Å². The molecular weight excluding hydrogens is 203 g/mol. The summed E-state index contributed by atoms with van der Waals surface area (Å²) in [6, 6.07) is 3.15. The van der Waals surface area contributed by atoms with E-state index in [0.717, 1.165) is 31.7 Å². The van der Waals surface area contributed by atoms with E-state index < -0.39 is 0 Å². The molecule has 0 aliphatic carbocycles. The van der Waals surface area contributed by atoms with Crippen LogP contribution in [0, 0.1) is 5.82 Å². The van der Waals surface area contributed by atoms with Crippen molar-refractivity contribution < 1.29 is 4.39 Å². The molecule has 14 heavy (non-hydrogen) atoms. The molecule has 0 N–H and O–H groups in total. The Morgan fingerprint density at radius 2 is 2.07 bits per heavy atom. The summed E-state index contributed by atoms with van der Waals surface area (Å²) in [5.74, 6) is 0.552. The zero-order valence-electron chi connectivity index (χ0n) is 7.79. The highest BCUT2D eigenvalue weighted by molar-refractivity contribution is 6.20. The Balaban J connectivity index is 2.05. The lowest BCUT2D eigenvalue weighted by atomic mass is 10.1. The predicted octanol–water partition coefficient (Wildman–Crippen LogP) is 2.43. The summed E-state index contributed by atoms with van der Waals surface area (Å²) < 4.78 is 12.6. The van der Waals surface area contributed by atoms with Gasteiger partial charge < -0.3 is 4.90 Å². The lowest BCUT2D eigenvalue weighted by molar-refractivity contribution is 0.577. The van der Waals surface area contributed by atoms with E-state index in [2.05, 4.69) is 9.88 Å². The van der Waals surface area contributed by atoms with E-state index >= 15 is 0 Å². The van der Waals surface area contributed by atoms with Gasteiger partial charge in [-0.1, -0.05) is 0 Å². The maximum Gasteiger partial charge on any atom is 0.141 e. The molecular formula is C10H12ClFN2. The third-order valence-corrected chi connectivity index (χ3v) is 2.90. The second-order valence-electron chi connectivity index (χ2n) is 3.50. The van der Waals surface area contributed by atoms with Crippen LogP contribution in [-0.4, -0.2) is 23.5 Å². The normalized spacial score (nSPS) is 18.6. The van der Waals surface area contributed by atoms with Crippen LogP contribution in [0.3, 0.4) is 0 Å². The molecule has 1 aliphatic rings. The molecule has 4 heteroatoms. The van der Waals surface area contributed by atoms with Crippen molar-refractivity contribution in [3.63, 3.8) is 0 Å². The monoisotopic (exact) mass is 214 g/mol. The summed E-state index contributed by atoms with van der Waals surface area (Å²) in [5.41, 5.74) is 0. The third-order valence-electron chi connectivity index (χ3n) is 2.46. The summed E-state index contributed by atoms with van der Waals surface area (Å²) in [6.07, 6.45) is 3.20. The van der Waals surface area contributed by atoms with Gasteiger partial charge in [-0.05, 0) is 25.0 Å². The van der Waals surface area contributed by atoms with Gasteiger partial charge in [-0.3, -0.25) is 0 Å². The van der Waals surface area contributed by atoms with Crippen molar-refractivity contribution in [2.45, 2.75) is 18.2 Å². The molecule has 1 fully saturated rings. The molecule has 1 saturated heterocycles. The quantitative estimate of drug-likeness (QED) is 0.668. The number of anilines is 1. The van der Waals surface area contributed by atoms with Crippen molar-refractivity contribution in [2.75, 3.05) is 18.0 Å². The topological polar surface area (TPSA) is 16.1 Å². The molecule has 0 saturated carbocycles. The highest BCUT2D eigenvalue weighted by atomic mass is 35.5. The lowest BCUT2D eigenvalue weighted by Gasteiger charge is -2.30. The van der Waals surface area contributed by atoms with Gasteiger partial charge in [0.15, 0.2) is 0 Å². The number of hydrogen-bond acceptors (Lipinski definition) is 2. The SMILES string of the molecule is Fc1ccc(N2CCC(Cl)CC2)nc1. The number of nitrogens with zero attached hydrogens (tertiary/aromatic N) is 2. The van der Waals surface area contributed by atoms with Crippen molar-refractivity contribution in [1.29, 1.82) is 0 Å². The number of pyridine rings is 1. The van der Waals surface area contributed by atoms with Crippen molar-refractivity contribution >= 4 is 17.4 Å². The summed E-state index contributed by atoms with van der Waals surface area (Å²) in [5, 5.41) is 0.284. The van der Waals surface area contributed by atoms with Gasteiger partial charge in [0.25, 0.3) is 0 Å². The first-order valence-corrected chi connectivity index (χ1v) is 5.20. The Morgan fingerprint density at radius 3 is 2.64 bits per heavy atom. The van der Waals surface area contributed by atoms with Gasteiger partial charge in [0.1, 0.15) is 11.6 Å². The Hall–Kier alpha value is -0.830. The van der Waals surface area contributed by atoms with Gasteiger partial charge in [-0.15, -0.1) is 11.6 Å². The van der Waals surface area contributed by atoms with E-state index in [-0.39, 0.29) is 11.2 Å². The van der Waals surface area contributed by atoms with Gasteiger partial charge >= 0.3 is 0 Å². The minimum absolute atomic E-state index is 0.284. The van der Waals surface area contributed by atoms with Gasteiger partial charge in [0.05, 0.1) is 6.20 Å². The van der Waals surface area contributed by atoms with Crippen LogP contribution in [0.4, 0.5) is 10.2 Å². The fourth-order valence-electron chi connectivity index (χ4n) is 1.63. The minimum Gasteiger partial charge on any atom is -0.357 e. The number of hydrogen-bond donors (Lipinski definition) is 0. The molecule has 1 aromatic rings. The number of aromatic nitrogens is 1. The van der Waals surface area contributed by atoms with E-state index in [1.807, 2.05) is 0 Å². The third kappa shape index (κ3) is 2.15. The van der Waals surface area contributed by atoms with Crippen LogP contribution < -0.4 is 4.90 Å². The maximum atomic E-state index is 12.6. The summed E-state index contributed by atoms with van der Waals surface area (Å²) in [4.78, 5) is 6.17. The fraction of sp³-hybridized carbons (Fsp3) is 0.500. The molecule has 0 aromatic carbocycles. The smallest absolute Gasteiger partial charge is 0.141 e. The van der Waals surface area contributed by atoms with Crippen LogP contribution in [0.5, 0.6) is 0 Å². The zero-order chi connectivity index (χ0) is 9.97. The Morgan fingerprint density at radius 1 is 1.36 bits per heavy atom. The average Bonchev–Trinajstić information content (AvgIpc) is 2.21. The largest absolute Gasteiger partial charge is 0.357 e. The lowest BCUT2D eigenvalue weighted by Crippen LogP contribution is -2.34. The van der Waals surface area contributed by atoms with Gasteiger partial charge in [-0.25, -0.2) is 9.37 Å². The minimum atomic E-state index is -0.291. The van der Waals surface area contributed by atoms with Crippen LogP contribution in [0.25, 0.3) is 0 Å². The molecule has 2 nitrogen and oxygen atoms in total. The van der Waals surface area contributed by atoms with Crippen molar-refractivity contribution in [3.05, 3.63) is 24.1 Å². The summed E-state index contributed by atoms with van der Waals surface area (Å²) >= 11 is 5.99. The molecule has 0 spiro atoms. The van der Waals surface area contributed by atoms with E-state index in [0.29, 0.717) is 0 Å². The van der Waals surface area contributed by atoms with Crippen molar-refractivity contribution in [1.82, 2.24) is 4.98 Å². The van der Waals surface area contributed by atoms with Crippen LogP contribution in [0.2, 0.25) is 0 Å². The van der Waals surface area contributed by atoms with Crippen molar-refractivity contribution in [3.8, 4) is 0 Å². The van der Waals surface area contributed by atoms with Gasteiger partial charge in [0, 0.05) is 18.5 Å². The second kappa shape index (κ2) is 4.13. The molecule has 76 valence electrons. The molecule has 0 unspecified atom stereocenters. The highest BCUT2D eigenvalue weighted by Gasteiger charge is 2.17. The zero-order valence-corrected chi connectivity index (χ0v) is 8.54. The Kier molecular flexibility index (Phi) is 2.87. The van der Waals surface area contributed by atoms with Crippen LogP contribution in [0.15, 0.2) is 18.3 Å².